The van der Waals surface area contributed by atoms with Crippen molar-refractivity contribution < 1.29 is 4.74 Å². The molecule has 0 aliphatic heterocycles. The molecule has 126 valence electrons. The standard InChI is InChI=1S/C19H39NO/c1-7-13-21-14-12-19(15-20-16(2)3)10-8-17(9-11-19)18(4,5)6/h16-17,20H,7-15H2,1-6H3. The van der Waals surface area contributed by atoms with Crippen molar-refractivity contribution in [3.05, 3.63) is 0 Å². The summed E-state index contributed by atoms with van der Waals surface area (Å²) in [5.74, 6) is 0.890. The van der Waals surface area contributed by atoms with Gasteiger partial charge in [-0.15, -0.1) is 0 Å². The van der Waals surface area contributed by atoms with Gasteiger partial charge >= 0.3 is 0 Å². The molecule has 0 spiro atoms. The Bertz CT molecular complexity index is 272. The van der Waals surface area contributed by atoms with E-state index in [4.69, 9.17) is 4.74 Å². The van der Waals surface area contributed by atoms with Gasteiger partial charge in [0.25, 0.3) is 0 Å². The highest BCUT2D eigenvalue weighted by Crippen LogP contribution is 2.46. The van der Waals surface area contributed by atoms with E-state index in [2.05, 4.69) is 46.9 Å². The second-order valence-corrected chi connectivity index (χ2v) is 8.54. The maximum absolute atomic E-state index is 5.78. The number of nitrogens with one attached hydrogen (secondary N) is 1. The van der Waals surface area contributed by atoms with E-state index in [1.807, 2.05) is 0 Å². The third-order valence-electron chi connectivity index (χ3n) is 5.28. The minimum absolute atomic E-state index is 0.469. The minimum atomic E-state index is 0.469. The van der Waals surface area contributed by atoms with Crippen molar-refractivity contribution in [3.63, 3.8) is 0 Å². The fourth-order valence-electron chi connectivity index (χ4n) is 3.57. The highest BCUT2D eigenvalue weighted by atomic mass is 16.5. The van der Waals surface area contributed by atoms with Gasteiger partial charge in [-0.3, -0.25) is 0 Å². The Balaban J connectivity index is 2.54. The molecule has 0 atom stereocenters. The van der Waals surface area contributed by atoms with Crippen molar-refractivity contribution in [3.8, 4) is 0 Å². The van der Waals surface area contributed by atoms with Crippen LogP contribution >= 0.6 is 0 Å². The molecule has 0 aromatic carbocycles. The van der Waals surface area contributed by atoms with Gasteiger partial charge in [-0.05, 0) is 55.3 Å². The highest BCUT2D eigenvalue weighted by molar-refractivity contribution is 4.90. The van der Waals surface area contributed by atoms with Crippen LogP contribution in [0, 0.1) is 16.7 Å². The first kappa shape index (κ1) is 19.0. The Kier molecular flexibility index (Phi) is 7.70. The van der Waals surface area contributed by atoms with Crippen LogP contribution in [0.3, 0.4) is 0 Å². The molecule has 1 aliphatic carbocycles. The lowest BCUT2D eigenvalue weighted by molar-refractivity contribution is 0.0414. The summed E-state index contributed by atoms with van der Waals surface area (Å²) in [6.45, 7) is 16.9. The summed E-state index contributed by atoms with van der Waals surface area (Å²) < 4.78 is 5.78. The first-order valence-corrected chi connectivity index (χ1v) is 9.10. The molecule has 1 N–H and O–H groups in total. The molecule has 0 radical (unpaired) electrons. The summed E-state index contributed by atoms with van der Waals surface area (Å²) in [5.41, 5.74) is 0.941. The summed E-state index contributed by atoms with van der Waals surface area (Å²) in [5, 5.41) is 3.69. The SMILES string of the molecule is CCCOCCC1(CNC(C)C)CCC(C(C)(C)C)CC1. The van der Waals surface area contributed by atoms with Crippen molar-refractivity contribution in [1.82, 2.24) is 5.32 Å². The molecular weight excluding hydrogens is 258 g/mol. The summed E-state index contributed by atoms with van der Waals surface area (Å²) in [6, 6.07) is 0.582. The predicted molar refractivity (Wildman–Crippen MR) is 92.7 cm³/mol. The second-order valence-electron chi connectivity index (χ2n) is 8.54. The van der Waals surface area contributed by atoms with Crippen LogP contribution in [0.5, 0.6) is 0 Å². The number of rotatable bonds is 8. The van der Waals surface area contributed by atoms with Crippen LogP contribution in [0.15, 0.2) is 0 Å². The van der Waals surface area contributed by atoms with E-state index in [1.165, 1.54) is 32.1 Å². The van der Waals surface area contributed by atoms with Gasteiger partial charge < -0.3 is 10.1 Å². The van der Waals surface area contributed by atoms with Gasteiger partial charge in [0, 0.05) is 25.8 Å². The molecule has 21 heavy (non-hydrogen) atoms. The zero-order valence-electron chi connectivity index (χ0n) is 15.4. The molecule has 1 aliphatic rings. The third-order valence-corrected chi connectivity index (χ3v) is 5.28. The topological polar surface area (TPSA) is 21.3 Å². The van der Waals surface area contributed by atoms with E-state index < -0.39 is 0 Å². The van der Waals surface area contributed by atoms with Gasteiger partial charge in [0.05, 0.1) is 0 Å². The lowest BCUT2D eigenvalue weighted by Gasteiger charge is -2.44. The molecule has 1 rings (SSSR count). The Hall–Kier alpha value is -0.0800. The van der Waals surface area contributed by atoms with E-state index in [0.717, 1.165) is 32.1 Å². The number of ether oxygens (including phenoxy) is 1. The maximum atomic E-state index is 5.78. The summed E-state index contributed by atoms with van der Waals surface area (Å²) in [4.78, 5) is 0. The molecule has 0 bridgehead atoms. The van der Waals surface area contributed by atoms with Gasteiger partial charge in [-0.2, -0.15) is 0 Å². The van der Waals surface area contributed by atoms with Crippen LogP contribution < -0.4 is 5.32 Å². The number of hydrogen-bond acceptors (Lipinski definition) is 2. The Morgan fingerprint density at radius 1 is 1.14 bits per heavy atom. The Morgan fingerprint density at radius 3 is 2.24 bits per heavy atom. The monoisotopic (exact) mass is 297 g/mol. The molecule has 0 saturated heterocycles. The van der Waals surface area contributed by atoms with Crippen LogP contribution in [0.1, 0.15) is 80.1 Å². The lowest BCUT2D eigenvalue weighted by atomic mass is 9.63. The molecule has 2 heteroatoms. The minimum Gasteiger partial charge on any atom is -0.381 e. The van der Waals surface area contributed by atoms with E-state index in [1.54, 1.807) is 0 Å². The van der Waals surface area contributed by atoms with E-state index in [0.29, 0.717) is 16.9 Å². The smallest absolute Gasteiger partial charge is 0.0471 e. The van der Waals surface area contributed by atoms with Gasteiger partial charge in [0.1, 0.15) is 0 Å². The molecule has 0 unspecified atom stereocenters. The van der Waals surface area contributed by atoms with Crippen LogP contribution in [0.2, 0.25) is 0 Å². The summed E-state index contributed by atoms with van der Waals surface area (Å²) in [7, 11) is 0. The molecule has 0 aromatic heterocycles. The molecule has 1 saturated carbocycles. The van der Waals surface area contributed by atoms with Crippen molar-refractivity contribution in [2.45, 2.75) is 86.1 Å². The second kappa shape index (κ2) is 8.53. The van der Waals surface area contributed by atoms with Crippen LogP contribution in [0.4, 0.5) is 0 Å². The van der Waals surface area contributed by atoms with Crippen LogP contribution in [-0.4, -0.2) is 25.8 Å². The predicted octanol–water partition coefficient (Wildman–Crippen LogP) is 5.02. The van der Waals surface area contributed by atoms with Crippen molar-refractivity contribution in [1.29, 1.82) is 0 Å². The third kappa shape index (κ3) is 6.69. The molecule has 0 aromatic rings. The van der Waals surface area contributed by atoms with Gasteiger partial charge in [-0.25, -0.2) is 0 Å². The van der Waals surface area contributed by atoms with Crippen LogP contribution in [-0.2, 0) is 4.74 Å². The summed E-state index contributed by atoms with van der Waals surface area (Å²) >= 11 is 0. The fraction of sp³-hybridized carbons (Fsp3) is 1.00. The fourth-order valence-corrected chi connectivity index (χ4v) is 3.57. The Labute approximate surface area is 133 Å². The molecular formula is C19H39NO. The maximum Gasteiger partial charge on any atom is 0.0471 e. The molecule has 2 nitrogen and oxygen atoms in total. The van der Waals surface area contributed by atoms with Gasteiger partial charge in [0.2, 0.25) is 0 Å². The van der Waals surface area contributed by atoms with Crippen molar-refractivity contribution in [2.75, 3.05) is 19.8 Å². The van der Waals surface area contributed by atoms with Crippen LogP contribution in [0.25, 0.3) is 0 Å². The normalized spacial score (nSPS) is 27.3. The van der Waals surface area contributed by atoms with Crippen molar-refractivity contribution in [2.24, 2.45) is 16.7 Å². The summed E-state index contributed by atoms with van der Waals surface area (Å²) in [6.07, 6.45) is 7.86. The van der Waals surface area contributed by atoms with Crippen molar-refractivity contribution >= 4 is 0 Å². The average molecular weight is 298 g/mol. The quantitative estimate of drug-likeness (QED) is 0.635. The van der Waals surface area contributed by atoms with E-state index in [9.17, 15) is 0 Å². The van der Waals surface area contributed by atoms with Gasteiger partial charge in [0.15, 0.2) is 0 Å². The zero-order chi connectivity index (χ0) is 15.9. The highest BCUT2D eigenvalue weighted by Gasteiger charge is 2.38. The van der Waals surface area contributed by atoms with Gasteiger partial charge in [-0.1, -0.05) is 41.5 Å². The average Bonchev–Trinajstić information content (AvgIpc) is 2.41. The molecule has 1 fully saturated rings. The molecule has 0 heterocycles. The van der Waals surface area contributed by atoms with E-state index >= 15 is 0 Å². The lowest BCUT2D eigenvalue weighted by Crippen LogP contribution is -2.42. The first-order chi connectivity index (χ1) is 9.79. The Morgan fingerprint density at radius 2 is 1.76 bits per heavy atom. The number of hydrogen-bond donors (Lipinski definition) is 1. The molecule has 0 amide bonds. The first-order valence-electron chi connectivity index (χ1n) is 9.10. The largest absolute Gasteiger partial charge is 0.381 e. The van der Waals surface area contributed by atoms with E-state index in [-0.39, 0.29) is 0 Å². The zero-order valence-corrected chi connectivity index (χ0v) is 15.4.